The van der Waals surface area contributed by atoms with E-state index in [-0.39, 0.29) is 6.04 Å². The van der Waals surface area contributed by atoms with E-state index in [1.54, 1.807) is 7.11 Å². The van der Waals surface area contributed by atoms with Gasteiger partial charge >= 0.3 is 0 Å². The van der Waals surface area contributed by atoms with Crippen molar-refractivity contribution in [1.82, 2.24) is 5.32 Å². The Morgan fingerprint density at radius 1 is 0.781 bits per heavy atom. The fraction of sp³-hybridized carbons (Fsp3) is 0.172. The second-order valence-electron chi connectivity index (χ2n) is 8.09. The van der Waals surface area contributed by atoms with Crippen LogP contribution in [0.3, 0.4) is 0 Å². The molecule has 0 fully saturated rings. The molecule has 0 saturated heterocycles. The van der Waals surface area contributed by atoms with Gasteiger partial charge in [-0.25, -0.2) is 0 Å². The van der Waals surface area contributed by atoms with Gasteiger partial charge in [-0.05, 0) is 58.5 Å². The molecule has 3 nitrogen and oxygen atoms in total. The van der Waals surface area contributed by atoms with E-state index in [2.05, 4.69) is 78.1 Å². The van der Waals surface area contributed by atoms with Gasteiger partial charge in [-0.1, -0.05) is 72.8 Å². The van der Waals surface area contributed by atoms with E-state index in [1.807, 2.05) is 24.3 Å². The zero-order valence-corrected chi connectivity index (χ0v) is 18.3. The van der Waals surface area contributed by atoms with Crippen LogP contribution in [0.4, 0.5) is 0 Å². The van der Waals surface area contributed by atoms with Crippen LogP contribution >= 0.6 is 0 Å². The molecular weight excluding hydrogens is 394 g/mol. The first-order valence-electron chi connectivity index (χ1n) is 11.1. The minimum atomic E-state index is 0.0838. The van der Waals surface area contributed by atoms with Gasteiger partial charge in [0.05, 0.1) is 13.2 Å². The van der Waals surface area contributed by atoms with Crippen LogP contribution in [0.15, 0.2) is 97.1 Å². The summed E-state index contributed by atoms with van der Waals surface area (Å²) in [7, 11) is 1.74. The van der Waals surface area contributed by atoms with Gasteiger partial charge in [-0.3, -0.25) is 0 Å². The number of methoxy groups -OCH3 is 1. The summed E-state index contributed by atoms with van der Waals surface area (Å²) in [6.07, 6.45) is 0.981. The molecule has 4 aromatic rings. The lowest BCUT2D eigenvalue weighted by molar-refractivity contribution is 0.305. The number of hydrogen-bond acceptors (Lipinski definition) is 3. The van der Waals surface area contributed by atoms with Crippen molar-refractivity contribution in [2.24, 2.45) is 0 Å². The summed E-state index contributed by atoms with van der Waals surface area (Å²) < 4.78 is 11.8. The Morgan fingerprint density at radius 2 is 1.56 bits per heavy atom. The van der Waals surface area contributed by atoms with Crippen molar-refractivity contribution in [3.63, 3.8) is 0 Å². The molecule has 0 radical (unpaired) electrons. The second-order valence-corrected chi connectivity index (χ2v) is 8.09. The zero-order valence-electron chi connectivity index (χ0n) is 18.3. The maximum absolute atomic E-state index is 6.08. The third-order valence-electron chi connectivity index (χ3n) is 6.06. The van der Waals surface area contributed by atoms with Gasteiger partial charge in [0.2, 0.25) is 0 Å². The van der Waals surface area contributed by atoms with Gasteiger partial charge < -0.3 is 14.8 Å². The van der Waals surface area contributed by atoms with E-state index >= 15 is 0 Å². The molecule has 0 aliphatic carbocycles. The average molecular weight is 422 g/mol. The van der Waals surface area contributed by atoms with E-state index in [4.69, 9.17) is 9.47 Å². The topological polar surface area (TPSA) is 30.5 Å². The molecule has 1 atom stereocenters. The minimum absolute atomic E-state index is 0.0838. The molecule has 1 unspecified atom stereocenters. The van der Waals surface area contributed by atoms with Crippen LogP contribution in [-0.4, -0.2) is 13.7 Å². The Kier molecular flexibility index (Phi) is 5.91. The lowest BCUT2D eigenvalue weighted by Gasteiger charge is -2.29. The van der Waals surface area contributed by atoms with Gasteiger partial charge in [-0.15, -0.1) is 0 Å². The van der Waals surface area contributed by atoms with Crippen molar-refractivity contribution < 1.29 is 9.47 Å². The van der Waals surface area contributed by atoms with Crippen LogP contribution in [0, 0.1) is 0 Å². The monoisotopic (exact) mass is 421 g/mol. The molecular formula is C29H27NO2. The molecule has 0 aromatic heterocycles. The SMILES string of the molecule is COc1ccc(-c2ccccc2)cc1C1NCCc2cc(OCc3ccccc3)ccc21. The van der Waals surface area contributed by atoms with Crippen LogP contribution in [0.1, 0.15) is 28.3 Å². The molecule has 1 heterocycles. The summed E-state index contributed by atoms with van der Waals surface area (Å²) in [6, 6.07) is 33.8. The molecule has 4 aromatic carbocycles. The van der Waals surface area contributed by atoms with Gasteiger partial charge in [0.15, 0.2) is 0 Å². The first-order valence-corrected chi connectivity index (χ1v) is 11.1. The summed E-state index contributed by atoms with van der Waals surface area (Å²) in [5, 5.41) is 3.70. The molecule has 1 aliphatic heterocycles. The van der Waals surface area contributed by atoms with Crippen LogP contribution in [0.5, 0.6) is 11.5 Å². The number of hydrogen-bond donors (Lipinski definition) is 1. The zero-order chi connectivity index (χ0) is 21.8. The standard InChI is InChI=1S/C29H27NO2/c1-31-28-15-12-23(22-10-6-3-7-11-22)19-27(28)29-26-14-13-25(18-24(26)16-17-30-29)32-20-21-8-4-2-5-9-21/h2-15,18-19,29-30H,16-17,20H2,1H3. The maximum Gasteiger partial charge on any atom is 0.124 e. The smallest absolute Gasteiger partial charge is 0.124 e. The van der Waals surface area contributed by atoms with E-state index in [0.29, 0.717) is 6.61 Å². The van der Waals surface area contributed by atoms with Crippen LogP contribution in [-0.2, 0) is 13.0 Å². The first kappa shape index (κ1) is 20.3. The Morgan fingerprint density at radius 3 is 2.34 bits per heavy atom. The summed E-state index contributed by atoms with van der Waals surface area (Å²) >= 11 is 0. The minimum Gasteiger partial charge on any atom is -0.496 e. The lowest BCUT2D eigenvalue weighted by atomic mass is 9.88. The fourth-order valence-electron chi connectivity index (χ4n) is 4.42. The highest BCUT2D eigenvalue weighted by Crippen LogP contribution is 2.37. The van der Waals surface area contributed by atoms with E-state index in [1.165, 1.54) is 27.8 Å². The predicted molar refractivity (Wildman–Crippen MR) is 129 cm³/mol. The molecule has 5 rings (SSSR count). The summed E-state index contributed by atoms with van der Waals surface area (Å²) in [6.45, 7) is 1.49. The third-order valence-corrected chi connectivity index (χ3v) is 6.06. The van der Waals surface area contributed by atoms with Crippen LogP contribution in [0.25, 0.3) is 11.1 Å². The van der Waals surface area contributed by atoms with Gasteiger partial charge in [0, 0.05) is 12.1 Å². The van der Waals surface area contributed by atoms with E-state index in [9.17, 15) is 0 Å². The van der Waals surface area contributed by atoms with Crippen molar-refractivity contribution in [1.29, 1.82) is 0 Å². The Labute approximate surface area is 189 Å². The highest BCUT2D eigenvalue weighted by atomic mass is 16.5. The number of nitrogens with one attached hydrogen (secondary N) is 1. The lowest BCUT2D eigenvalue weighted by Crippen LogP contribution is -2.30. The van der Waals surface area contributed by atoms with Crippen molar-refractivity contribution in [3.8, 4) is 22.6 Å². The Hall–Kier alpha value is -3.56. The number of ether oxygens (including phenoxy) is 2. The predicted octanol–water partition coefficient (Wildman–Crippen LogP) is 6.18. The molecule has 32 heavy (non-hydrogen) atoms. The molecule has 0 saturated carbocycles. The number of benzene rings is 4. The molecule has 3 heteroatoms. The van der Waals surface area contributed by atoms with E-state index in [0.717, 1.165) is 30.0 Å². The van der Waals surface area contributed by atoms with Crippen molar-refractivity contribution in [2.45, 2.75) is 19.1 Å². The summed E-state index contributed by atoms with van der Waals surface area (Å²) in [4.78, 5) is 0. The Balaban J connectivity index is 1.45. The molecule has 0 spiro atoms. The largest absolute Gasteiger partial charge is 0.496 e. The molecule has 160 valence electrons. The molecule has 1 N–H and O–H groups in total. The highest BCUT2D eigenvalue weighted by molar-refractivity contribution is 5.66. The van der Waals surface area contributed by atoms with Gasteiger partial charge in [-0.2, -0.15) is 0 Å². The quantitative estimate of drug-likeness (QED) is 0.403. The molecule has 0 bridgehead atoms. The van der Waals surface area contributed by atoms with Gasteiger partial charge in [0.25, 0.3) is 0 Å². The maximum atomic E-state index is 6.08. The molecule has 0 amide bonds. The number of rotatable bonds is 6. The molecule has 1 aliphatic rings. The third kappa shape index (κ3) is 4.25. The normalized spacial score (nSPS) is 15.1. The van der Waals surface area contributed by atoms with Crippen LogP contribution < -0.4 is 14.8 Å². The van der Waals surface area contributed by atoms with Crippen molar-refractivity contribution in [3.05, 3.63) is 119 Å². The van der Waals surface area contributed by atoms with Crippen molar-refractivity contribution >= 4 is 0 Å². The number of fused-ring (bicyclic) bond motifs is 1. The summed E-state index contributed by atoms with van der Waals surface area (Å²) in [5.74, 6) is 1.82. The first-order chi connectivity index (χ1) is 15.8. The fourth-order valence-corrected chi connectivity index (χ4v) is 4.42. The van der Waals surface area contributed by atoms with Crippen molar-refractivity contribution in [2.75, 3.05) is 13.7 Å². The van der Waals surface area contributed by atoms with Gasteiger partial charge in [0.1, 0.15) is 18.1 Å². The van der Waals surface area contributed by atoms with E-state index < -0.39 is 0 Å². The summed E-state index contributed by atoms with van der Waals surface area (Å²) in [5.41, 5.74) is 7.34. The Bertz CT molecular complexity index is 1190. The highest BCUT2D eigenvalue weighted by Gasteiger charge is 2.25. The second kappa shape index (κ2) is 9.29. The average Bonchev–Trinajstić information content (AvgIpc) is 2.87. The van der Waals surface area contributed by atoms with Crippen LogP contribution in [0.2, 0.25) is 0 Å².